The number of piperidine rings is 2. The Kier molecular flexibility index (Phi) is 24.7. The minimum absolute atomic E-state index is 0.265. The maximum Gasteiger partial charge on any atom is 0.150 e. The molecule has 4 N–H and O–H groups in total. The first-order valence-electron chi connectivity index (χ1n) is 50.1. The van der Waals surface area contributed by atoms with Crippen LogP contribution in [0, 0.1) is 164 Å². The molecule has 10 nitrogen and oxygen atoms in total. The van der Waals surface area contributed by atoms with Gasteiger partial charge in [-0.05, 0) is 494 Å². The van der Waals surface area contributed by atoms with Crippen LogP contribution in [0.3, 0.4) is 0 Å². The Morgan fingerprint density at radius 2 is 0.588 bits per heavy atom. The molecule has 19 fully saturated rings. The van der Waals surface area contributed by atoms with E-state index in [9.17, 15) is 25.2 Å². The number of carbonyl (C=O) groups is 1. The van der Waals surface area contributed by atoms with Crippen LogP contribution in [0.1, 0.15) is 338 Å². The number of aliphatic hydroxyl groups is 4. The Bertz CT molecular complexity index is 3360. The fourth-order valence-corrected chi connectivity index (χ4v) is 35.9. The van der Waals surface area contributed by atoms with E-state index in [1.807, 2.05) is 12.5 Å². The fraction of sp³-hybridized carbons (Fsp3) is 0.904. The van der Waals surface area contributed by atoms with Crippen molar-refractivity contribution in [2.24, 2.45) is 164 Å². The lowest BCUT2D eigenvalue weighted by molar-refractivity contribution is -0.133. The summed E-state index contributed by atoms with van der Waals surface area (Å²) in [6.07, 6.45) is 63.2. The summed E-state index contributed by atoms with van der Waals surface area (Å²) in [4.78, 5) is 25.4. The number of imidazole rings is 1. The molecule has 16 saturated carbocycles. The summed E-state index contributed by atoms with van der Waals surface area (Å²) in [6, 6.07) is 0. The van der Waals surface area contributed by atoms with E-state index < -0.39 is 11.2 Å². The number of nitrogens with zero attached hydrogens (tertiary/aromatic N) is 5. The zero-order chi connectivity index (χ0) is 79.5. The van der Waals surface area contributed by atoms with Crippen molar-refractivity contribution in [2.45, 2.75) is 367 Å². The molecule has 4 heterocycles. The number of likely N-dealkylation sites (tertiary alicyclic amines) is 3. The highest BCUT2D eigenvalue weighted by Crippen LogP contribution is 2.71. The van der Waals surface area contributed by atoms with Gasteiger partial charge in [-0.1, -0.05) is 77.0 Å². The van der Waals surface area contributed by atoms with Crippen molar-refractivity contribution in [1.82, 2.24) is 24.3 Å². The molecule has 32 atom stereocenters. The van der Waals surface area contributed by atoms with Gasteiger partial charge in [0.15, 0.2) is 0 Å². The lowest BCUT2D eigenvalue weighted by atomic mass is 9.49. The third-order valence-corrected chi connectivity index (χ3v) is 41.1. The Labute approximate surface area is 695 Å². The van der Waals surface area contributed by atoms with Crippen LogP contribution < -0.4 is 0 Å². The van der Waals surface area contributed by atoms with E-state index in [-0.39, 0.29) is 16.6 Å². The first kappa shape index (κ1) is 84.1. The highest BCUT2D eigenvalue weighted by Gasteiger charge is 2.64. The van der Waals surface area contributed by atoms with Gasteiger partial charge in [0, 0.05) is 37.9 Å². The van der Waals surface area contributed by atoms with E-state index in [4.69, 9.17) is 0 Å². The molecule has 3 aliphatic heterocycles. The molecule has 10 heteroatoms. The molecule has 1 aromatic rings. The van der Waals surface area contributed by atoms with Gasteiger partial charge in [0.1, 0.15) is 5.78 Å². The summed E-state index contributed by atoms with van der Waals surface area (Å²) in [6.45, 7) is 44.0. The number of aromatic nitrogens is 2. The smallest absolute Gasteiger partial charge is 0.150 e. The second-order valence-electron chi connectivity index (χ2n) is 47.7. The van der Waals surface area contributed by atoms with Crippen LogP contribution in [0.4, 0.5) is 0 Å². The van der Waals surface area contributed by atoms with E-state index >= 15 is 0 Å². The van der Waals surface area contributed by atoms with Gasteiger partial charge in [-0.2, -0.15) is 0 Å². The quantitative estimate of drug-likeness (QED) is 0.151. The first-order valence-corrected chi connectivity index (χ1v) is 50.1. The monoisotopic (exact) mass is 1570 g/mol. The largest absolute Gasteiger partial charge is 0.390 e. The fourth-order valence-electron chi connectivity index (χ4n) is 35.9. The van der Waals surface area contributed by atoms with Gasteiger partial charge in [0.25, 0.3) is 0 Å². The van der Waals surface area contributed by atoms with Crippen LogP contribution in [0.15, 0.2) is 55.2 Å². The molecule has 640 valence electrons. The maximum absolute atomic E-state index is 13.4. The van der Waals surface area contributed by atoms with Crippen LogP contribution in [0.25, 0.3) is 0 Å². The lowest BCUT2D eigenvalue weighted by Gasteiger charge is -2.57. The summed E-state index contributed by atoms with van der Waals surface area (Å²) in [5.74, 6) is 20.7. The maximum atomic E-state index is 13.4. The third kappa shape index (κ3) is 16.6. The topological polar surface area (TPSA) is 126 Å². The van der Waals surface area contributed by atoms with E-state index in [2.05, 4.69) is 106 Å². The van der Waals surface area contributed by atoms with Gasteiger partial charge in [-0.15, -0.1) is 0 Å². The second kappa shape index (κ2) is 33.5. The average Bonchev–Trinajstić information content (AvgIpc) is 1.61. The van der Waals surface area contributed by atoms with Gasteiger partial charge < -0.3 is 25.0 Å². The molecule has 3 saturated heterocycles. The van der Waals surface area contributed by atoms with Crippen molar-refractivity contribution in [3.05, 3.63) is 55.2 Å². The summed E-state index contributed by atoms with van der Waals surface area (Å²) in [5.41, 5.74) is 4.70. The second-order valence-corrected chi connectivity index (χ2v) is 47.7. The number of ketones is 1. The predicted octanol–water partition coefficient (Wildman–Crippen LogP) is 22.2. The van der Waals surface area contributed by atoms with Crippen molar-refractivity contribution in [1.29, 1.82) is 0 Å². The highest BCUT2D eigenvalue weighted by molar-refractivity contribution is 5.84. The number of Topliss-reactive ketones (excluding diaryl/α,β-unsaturated/α-hetero) is 1. The van der Waals surface area contributed by atoms with Crippen LogP contribution in [-0.2, 0) is 11.3 Å². The van der Waals surface area contributed by atoms with Crippen molar-refractivity contribution in [3.8, 4) is 0 Å². The van der Waals surface area contributed by atoms with Gasteiger partial charge in [-0.25, -0.2) is 4.98 Å². The third-order valence-electron chi connectivity index (χ3n) is 41.1. The Balaban J connectivity index is 0.000000110. The molecule has 19 aliphatic rings. The predicted molar refractivity (Wildman–Crippen MR) is 466 cm³/mol. The molecular formula is C104H169N5O5. The number of hydrogen-bond acceptors (Lipinski definition) is 9. The molecule has 114 heavy (non-hydrogen) atoms. The summed E-state index contributed by atoms with van der Waals surface area (Å²) >= 11 is 0. The van der Waals surface area contributed by atoms with Gasteiger partial charge >= 0.3 is 0 Å². The number of hydrogen-bond donors (Lipinski definition) is 4. The lowest BCUT2D eigenvalue weighted by Crippen LogP contribution is -2.51. The van der Waals surface area contributed by atoms with Crippen LogP contribution >= 0.6 is 0 Å². The molecular weight excluding hydrogens is 1400 g/mol. The molecule has 0 unspecified atom stereocenters. The molecule has 0 bridgehead atoms. The van der Waals surface area contributed by atoms with Crippen LogP contribution in [-0.4, -0.2) is 132 Å². The Morgan fingerprint density at radius 3 is 0.895 bits per heavy atom. The zero-order valence-electron chi connectivity index (χ0n) is 74.3. The van der Waals surface area contributed by atoms with Crippen LogP contribution in [0.5, 0.6) is 0 Å². The van der Waals surface area contributed by atoms with Crippen molar-refractivity contribution in [3.63, 3.8) is 0 Å². The van der Waals surface area contributed by atoms with E-state index in [0.29, 0.717) is 33.9 Å². The number of allylic oxidation sites excluding steroid dienone is 1. The molecule has 20 rings (SSSR count). The first-order chi connectivity index (χ1) is 54.5. The normalized spacial score (nSPS) is 50.0. The van der Waals surface area contributed by atoms with Gasteiger partial charge in [0.2, 0.25) is 0 Å². The Hall–Kier alpha value is -2.18. The summed E-state index contributed by atoms with van der Waals surface area (Å²) in [5, 5.41) is 42.4. The van der Waals surface area contributed by atoms with E-state index in [0.717, 1.165) is 214 Å². The highest BCUT2D eigenvalue weighted by atomic mass is 16.3. The molecule has 1 aromatic heterocycles. The van der Waals surface area contributed by atoms with Gasteiger partial charge in [0.05, 0.1) is 35.3 Å². The molecule has 0 amide bonds. The molecule has 0 spiro atoms. The summed E-state index contributed by atoms with van der Waals surface area (Å²) in [7, 11) is 0. The Morgan fingerprint density at radius 1 is 0.316 bits per heavy atom. The SMILES string of the molecule is C=C(CN1CCCC1)[C@H]1CC[C@H]2[C@@H]3CC[C@@H]4C[C@@](C)(O)CC[C@@H]4[C@H]3CC[C@]12C.C=C(CN1CCCCC1)[C@H]1CC[C@H]2[C@@H]3CC[C@@H]4C[C@@](C)(O)CC[C@@H]4[C@H]3CC[C@]12C.C=C(Cn1ccnc1)[C@H]1CC[C@H]2[C@@H]3CC[C@@H]4C[C@@](C)(O)CC[C@@H]4[C@H]3CC[C@]12C.C[C@]1(O)CC[C@H]2[C@H](CC[C@@H]3[C@@H]2CC[C@]2(C)[C@@H](C(=O)CN4CCCCC4)CC[C@@H]32)C1. The number of rotatable bonds is 12. The number of carbonyl (C=O) groups excluding carboxylic acids is 1. The number of fused-ring (bicyclic) bond motifs is 20. The average molecular weight is 1570 g/mol. The molecule has 0 radical (unpaired) electrons. The van der Waals surface area contributed by atoms with Crippen LogP contribution in [0.2, 0.25) is 0 Å². The van der Waals surface area contributed by atoms with Crippen molar-refractivity contribution in [2.75, 3.05) is 58.9 Å². The van der Waals surface area contributed by atoms with E-state index in [1.165, 1.54) is 270 Å². The molecule has 0 aromatic carbocycles. The summed E-state index contributed by atoms with van der Waals surface area (Å²) < 4.78 is 2.18. The van der Waals surface area contributed by atoms with Gasteiger partial charge in [-0.3, -0.25) is 19.5 Å². The standard InChI is InChI=1S/C27H45NO.C26H43NO2.C26H43NO.C25H38N2O/c1-19(18-28-15-5-4-6-16-28)24-9-10-25-23-8-7-20-17-26(2,29)13-11-21(20)22(23)12-14-27(24,25)3;1-25(29)12-10-19-18(16-25)6-7-21-20(19)11-13-26(2)22(21)8-9-23(26)24(28)17-27-14-4-3-5-15-27;1-18(17-27-14-4-5-15-27)23-8-9-24-22-7-6-19-16-25(2,28)12-10-20(19)21(22)11-13-26(23,24)3;1-17(15-27-13-12-26-16-27)22-6-7-23-21-5-4-18-14-24(2,28)10-8-19(18)20(21)9-11-25(22,23)3/h20-25,29H,1,4-18H2,2-3H3;18-23,29H,3-17H2,1-2H3;19-24,28H,1,4-17H2,2-3H3;12-13,16,18-23,28H,1,4-11,14-15H2,2-3H3/t20-,21+,22-,23-,24-,25+,26+,27-;18-,19+,20-,21-,22+,23-,25+,26+;19-,20+,21-,22-,23-,24+,25+,26-;18-,19+,20-,21-,22-,23+,24+,25-/m1111/s1. The minimum Gasteiger partial charge on any atom is -0.390 e. The van der Waals surface area contributed by atoms with Crippen molar-refractivity contribution >= 4 is 5.78 Å². The minimum atomic E-state index is -0.420. The van der Waals surface area contributed by atoms with Crippen molar-refractivity contribution < 1.29 is 25.2 Å². The zero-order valence-corrected chi connectivity index (χ0v) is 74.3. The molecule has 16 aliphatic carbocycles. The van der Waals surface area contributed by atoms with E-state index in [1.54, 1.807) is 11.1 Å².